The van der Waals surface area contributed by atoms with Crippen molar-refractivity contribution in [3.05, 3.63) is 89.0 Å². The van der Waals surface area contributed by atoms with E-state index in [0.29, 0.717) is 10.6 Å². The number of rotatable bonds is 7. The molecule has 1 unspecified atom stereocenters. The van der Waals surface area contributed by atoms with Crippen LogP contribution in [0.1, 0.15) is 25.0 Å². The van der Waals surface area contributed by atoms with Gasteiger partial charge in [0, 0.05) is 23.9 Å². The minimum absolute atomic E-state index is 0.0240. The van der Waals surface area contributed by atoms with Crippen LogP contribution in [0.5, 0.6) is 11.5 Å². The van der Waals surface area contributed by atoms with Gasteiger partial charge in [0.15, 0.2) is 29.4 Å². The van der Waals surface area contributed by atoms with Crippen LogP contribution in [0.15, 0.2) is 54.6 Å². The topological polar surface area (TPSA) is 32.7 Å². The third-order valence-corrected chi connectivity index (χ3v) is 4.92. The number of nitrogens with zero attached hydrogens (tertiary/aromatic N) is 1. The van der Waals surface area contributed by atoms with Crippen molar-refractivity contribution in [2.24, 2.45) is 0 Å². The molecule has 0 fully saturated rings. The second kappa shape index (κ2) is 12.4. The summed E-state index contributed by atoms with van der Waals surface area (Å²) < 4.78 is 140. The molecular formula is C25H21F10NO2. The van der Waals surface area contributed by atoms with E-state index in [1.165, 1.54) is 24.3 Å². The lowest BCUT2D eigenvalue weighted by molar-refractivity contribution is -0.200. The Kier molecular flexibility index (Phi) is 10.0. The lowest BCUT2D eigenvalue weighted by atomic mass is 10.1. The highest BCUT2D eigenvalue weighted by Crippen LogP contribution is 2.38. The van der Waals surface area contributed by atoms with Crippen molar-refractivity contribution in [3.63, 3.8) is 0 Å². The molecule has 1 atom stereocenters. The number of hydrogen-bond donors (Lipinski definition) is 1. The molecule has 3 aromatic rings. The second-order valence-corrected chi connectivity index (χ2v) is 7.46. The molecule has 0 radical (unpaired) electrons. The van der Waals surface area contributed by atoms with E-state index in [4.69, 9.17) is 4.74 Å². The van der Waals surface area contributed by atoms with Crippen LogP contribution in [-0.2, 0) is 12.7 Å². The molecule has 1 N–H and O–H groups in total. The van der Waals surface area contributed by atoms with Crippen molar-refractivity contribution in [1.82, 2.24) is 0 Å². The summed E-state index contributed by atoms with van der Waals surface area (Å²) in [5, 5.41) is 9.52. The zero-order valence-corrected chi connectivity index (χ0v) is 19.8. The van der Waals surface area contributed by atoms with Gasteiger partial charge in [0.1, 0.15) is 17.1 Å². The maximum Gasteiger partial charge on any atom is 0.422 e. The molecule has 0 aliphatic heterocycles. The van der Waals surface area contributed by atoms with Gasteiger partial charge >= 0.3 is 12.4 Å². The van der Waals surface area contributed by atoms with Gasteiger partial charge in [0.2, 0.25) is 0 Å². The first-order chi connectivity index (χ1) is 17.7. The summed E-state index contributed by atoms with van der Waals surface area (Å²) >= 11 is 0. The summed E-state index contributed by atoms with van der Waals surface area (Å²) in [6.45, 7) is 1.24. The third-order valence-electron chi connectivity index (χ3n) is 4.92. The van der Waals surface area contributed by atoms with E-state index in [0.717, 1.165) is 12.1 Å². The first-order valence-electron chi connectivity index (χ1n) is 10.9. The summed E-state index contributed by atoms with van der Waals surface area (Å²) in [5.41, 5.74) is -4.69. The van der Waals surface area contributed by atoms with E-state index in [1.807, 2.05) is 13.8 Å². The number of hydrogen-bond acceptors (Lipinski definition) is 3. The van der Waals surface area contributed by atoms with Gasteiger partial charge in [-0.25, -0.2) is 17.6 Å². The number of alkyl halides is 6. The summed E-state index contributed by atoms with van der Waals surface area (Å²) in [6.07, 6.45) is -14.1. The molecule has 0 spiro atoms. The standard InChI is InChI=1S/C23H15F10NO2.C2H6/c24-18-15(19(25)21(27)17(20(18)26)23(31,32)33)10-34(11-16(35)22(28,29)30)12-5-4-8-14(9-12)36-13-6-2-1-3-7-13;1-2/h1-9,16,35H,10-11H2;1-2H3. The fourth-order valence-corrected chi connectivity index (χ4v) is 3.20. The normalized spacial score (nSPS) is 12.4. The Hall–Kier alpha value is -3.48. The highest BCUT2D eigenvalue weighted by molar-refractivity contribution is 5.52. The first-order valence-corrected chi connectivity index (χ1v) is 10.9. The number of halogens is 10. The van der Waals surface area contributed by atoms with Gasteiger partial charge in [0.05, 0.1) is 6.54 Å². The molecule has 3 nitrogen and oxygen atoms in total. The zero-order chi connectivity index (χ0) is 28.8. The molecule has 0 aliphatic rings. The van der Waals surface area contributed by atoms with Crippen LogP contribution in [-0.4, -0.2) is 23.9 Å². The van der Waals surface area contributed by atoms with Gasteiger partial charge in [-0.15, -0.1) is 0 Å². The van der Waals surface area contributed by atoms with Gasteiger partial charge in [-0.2, -0.15) is 26.3 Å². The van der Waals surface area contributed by atoms with E-state index >= 15 is 0 Å². The van der Waals surface area contributed by atoms with Crippen molar-refractivity contribution in [2.45, 2.75) is 38.8 Å². The number of benzene rings is 3. The largest absolute Gasteiger partial charge is 0.457 e. The Balaban J connectivity index is 0.00000247. The number of ether oxygens (including phenoxy) is 1. The molecule has 208 valence electrons. The zero-order valence-electron chi connectivity index (χ0n) is 19.8. The van der Waals surface area contributed by atoms with E-state index in [1.54, 1.807) is 18.2 Å². The van der Waals surface area contributed by atoms with E-state index in [9.17, 15) is 49.0 Å². The van der Waals surface area contributed by atoms with Crippen molar-refractivity contribution in [3.8, 4) is 11.5 Å². The SMILES string of the molecule is CC.OC(CN(Cc1c(F)c(F)c(C(F)(F)F)c(F)c1F)c1cccc(Oc2ccccc2)c1)C(F)(F)F. The predicted octanol–water partition coefficient (Wildman–Crippen LogP) is 8.01. The maximum atomic E-state index is 14.4. The van der Waals surface area contributed by atoms with Gasteiger partial charge < -0.3 is 14.7 Å². The summed E-state index contributed by atoms with van der Waals surface area (Å²) in [4.78, 5) is 0.490. The van der Waals surface area contributed by atoms with Gasteiger partial charge in [0.25, 0.3) is 0 Å². The van der Waals surface area contributed by atoms with Crippen LogP contribution in [0.2, 0.25) is 0 Å². The molecule has 3 rings (SSSR count). The average Bonchev–Trinajstić information content (AvgIpc) is 2.85. The lowest BCUT2D eigenvalue weighted by Crippen LogP contribution is -2.41. The van der Waals surface area contributed by atoms with Crippen LogP contribution in [0.3, 0.4) is 0 Å². The molecule has 0 aromatic heterocycles. The fourth-order valence-electron chi connectivity index (χ4n) is 3.20. The molecule has 0 saturated carbocycles. The van der Waals surface area contributed by atoms with E-state index in [2.05, 4.69) is 0 Å². The highest BCUT2D eigenvalue weighted by atomic mass is 19.4. The van der Waals surface area contributed by atoms with Crippen LogP contribution < -0.4 is 9.64 Å². The number of aliphatic hydroxyl groups excluding tert-OH is 1. The summed E-state index contributed by atoms with van der Waals surface area (Å²) in [6, 6.07) is 12.8. The molecule has 3 aromatic carbocycles. The van der Waals surface area contributed by atoms with Crippen molar-refractivity contribution < 1.29 is 53.7 Å². The van der Waals surface area contributed by atoms with Crippen LogP contribution in [0, 0.1) is 23.3 Å². The summed E-state index contributed by atoms with van der Waals surface area (Å²) in [5.74, 6) is -10.1. The molecule has 0 saturated heterocycles. The predicted molar refractivity (Wildman–Crippen MR) is 119 cm³/mol. The van der Waals surface area contributed by atoms with Crippen LogP contribution >= 0.6 is 0 Å². The molecule has 13 heteroatoms. The van der Waals surface area contributed by atoms with Crippen molar-refractivity contribution in [2.75, 3.05) is 11.4 Å². The Morgan fingerprint density at radius 3 is 1.79 bits per heavy atom. The Bertz CT molecular complexity index is 1180. The van der Waals surface area contributed by atoms with Gasteiger partial charge in [-0.3, -0.25) is 0 Å². The summed E-state index contributed by atoms with van der Waals surface area (Å²) in [7, 11) is 0. The van der Waals surface area contributed by atoms with Gasteiger partial charge in [-0.05, 0) is 24.3 Å². The maximum absolute atomic E-state index is 14.4. The molecule has 0 heterocycles. The molecule has 0 bridgehead atoms. The minimum atomic E-state index is -5.79. The highest BCUT2D eigenvalue weighted by Gasteiger charge is 2.43. The monoisotopic (exact) mass is 557 g/mol. The minimum Gasteiger partial charge on any atom is -0.457 e. The van der Waals surface area contributed by atoms with E-state index in [-0.39, 0.29) is 11.4 Å². The number of para-hydroxylation sites is 1. The molecular weight excluding hydrogens is 536 g/mol. The third kappa shape index (κ3) is 7.30. The fraction of sp³-hybridized carbons (Fsp3) is 0.280. The number of anilines is 1. The van der Waals surface area contributed by atoms with Gasteiger partial charge in [-0.1, -0.05) is 38.1 Å². The number of aliphatic hydroxyl groups is 1. The molecule has 0 aliphatic carbocycles. The van der Waals surface area contributed by atoms with Crippen molar-refractivity contribution in [1.29, 1.82) is 0 Å². The van der Waals surface area contributed by atoms with Crippen LogP contribution in [0.4, 0.5) is 49.6 Å². The van der Waals surface area contributed by atoms with Crippen molar-refractivity contribution >= 4 is 5.69 Å². The van der Waals surface area contributed by atoms with E-state index < -0.39 is 65.9 Å². The lowest BCUT2D eigenvalue weighted by Gasteiger charge is -2.29. The Morgan fingerprint density at radius 1 is 0.763 bits per heavy atom. The average molecular weight is 557 g/mol. The molecule has 38 heavy (non-hydrogen) atoms. The Labute approximate surface area is 210 Å². The van der Waals surface area contributed by atoms with Crippen LogP contribution in [0.25, 0.3) is 0 Å². The molecule has 0 amide bonds. The quantitative estimate of drug-likeness (QED) is 0.236. The second-order valence-electron chi connectivity index (χ2n) is 7.46. The Morgan fingerprint density at radius 2 is 1.29 bits per heavy atom. The smallest absolute Gasteiger partial charge is 0.422 e. The first kappa shape index (κ1) is 30.7.